The molecule has 0 radical (unpaired) electrons. The van der Waals surface area contributed by atoms with Crippen molar-refractivity contribution in [3.8, 4) is 0 Å². The minimum absolute atomic E-state index is 0.292. The topological polar surface area (TPSA) is 141 Å². The summed E-state index contributed by atoms with van der Waals surface area (Å²) >= 11 is 1.04. The number of fused-ring (bicyclic) bond motifs is 2. The Morgan fingerprint density at radius 2 is 1.44 bits per heavy atom. The van der Waals surface area contributed by atoms with Gasteiger partial charge in [-0.3, -0.25) is 9.11 Å². The molecule has 13 heteroatoms. The number of benzene rings is 3. The molecule has 0 bridgehead atoms. The minimum atomic E-state index is -4.06. The third-order valence-electron chi connectivity index (χ3n) is 11.4. The van der Waals surface area contributed by atoms with Crippen molar-refractivity contribution in [2.75, 3.05) is 29.5 Å². The quantitative estimate of drug-likeness (QED) is 0.0499. The van der Waals surface area contributed by atoms with Crippen LogP contribution in [0.3, 0.4) is 0 Å². The van der Waals surface area contributed by atoms with Crippen LogP contribution in [0, 0.1) is 6.92 Å². The van der Waals surface area contributed by atoms with Crippen LogP contribution < -0.4 is 4.90 Å². The lowest BCUT2D eigenvalue weighted by molar-refractivity contribution is -0.438. The zero-order valence-corrected chi connectivity index (χ0v) is 36.9. The van der Waals surface area contributed by atoms with Gasteiger partial charge < -0.3 is 9.64 Å². The molecule has 0 saturated carbocycles. The zero-order valence-electron chi connectivity index (χ0n) is 34.5. The maximum absolute atomic E-state index is 13.7. The highest BCUT2D eigenvalue weighted by molar-refractivity contribution is 8.13. The number of thioether (sulfide) groups is 1. The number of allylic oxidation sites excluding steroid dienone is 7. The number of hydrogen-bond donors (Lipinski definition) is 2. The molecule has 6 rings (SSSR count). The lowest BCUT2D eigenvalue weighted by Crippen LogP contribution is -2.28. The molecular weight excluding hydrogens is 805 g/mol. The number of aryl methyl sites for hydroxylation is 1. The highest BCUT2D eigenvalue weighted by Gasteiger charge is 2.44. The van der Waals surface area contributed by atoms with Crippen molar-refractivity contribution in [3.05, 3.63) is 136 Å². The fourth-order valence-electron chi connectivity index (χ4n) is 8.39. The van der Waals surface area contributed by atoms with Crippen molar-refractivity contribution in [3.63, 3.8) is 0 Å². The van der Waals surface area contributed by atoms with Crippen molar-refractivity contribution in [1.29, 1.82) is 0 Å². The van der Waals surface area contributed by atoms with E-state index >= 15 is 0 Å². The van der Waals surface area contributed by atoms with E-state index in [9.17, 15) is 30.7 Å². The second-order valence-electron chi connectivity index (χ2n) is 16.5. The fraction of sp³-hybridized carbons (Fsp3) is 0.391. The molecule has 0 saturated heterocycles. The molecule has 314 valence electrons. The smallest absolute Gasteiger partial charge is 0.377 e. The first-order valence-corrected chi connectivity index (χ1v) is 24.2. The molecule has 0 aromatic heterocycles. The van der Waals surface area contributed by atoms with E-state index in [-0.39, 0.29) is 22.3 Å². The summed E-state index contributed by atoms with van der Waals surface area (Å²) in [5.41, 5.74) is 8.61. The van der Waals surface area contributed by atoms with Gasteiger partial charge >= 0.3 is 5.30 Å². The van der Waals surface area contributed by atoms with E-state index in [1.165, 1.54) is 0 Å². The van der Waals surface area contributed by atoms with Crippen molar-refractivity contribution in [1.82, 2.24) is 0 Å². The predicted molar refractivity (Wildman–Crippen MR) is 237 cm³/mol. The highest BCUT2D eigenvalue weighted by Crippen LogP contribution is 2.48. The number of rotatable bonds is 15. The van der Waals surface area contributed by atoms with Gasteiger partial charge in [0.05, 0.1) is 16.9 Å². The number of ether oxygens (including phenoxy) is 1. The Balaban J connectivity index is 1.40. The summed E-state index contributed by atoms with van der Waals surface area (Å²) in [5, 5.41) is -0.439. The van der Waals surface area contributed by atoms with E-state index in [0.29, 0.717) is 57.4 Å². The molecule has 1 aliphatic carbocycles. The van der Waals surface area contributed by atoms with Crippen LogP contribution in [-0.4, -0.2) is 66.1 Å². The molecule has 0 fully saturated rings. The molecular formula is C46H55N2O8S3+. The number of hydrogen-bond acceptors (Lipinski definition) is 8. The van der Waals surface area contributed by atoms with E-state index in [4.69, 9.17) is 4.74 Å². The Labute approximate surface area is 354 Å². The van der Waals surface area contributed by atoms with Gasteiger partial charge in [-0.15, -0.1) is 0 Å². The molecule has 2 heterocycles. The van der Waals surface area contributed by atoms with Gasteiger partial charge in [-0.05, 0) is 118 Å². The van der Waals surface area contributed by atoms with Crippen molar-refractivity contribution < 1.29 is 40.0 Å². The summed E-state index contributed by atoms with van der Waals surface area (Å²) in [5.74, 6) is -0.0604. The fourth-order valence-corrected chi connectivity index (χ4v) is 10.1. The third-order valence-corrected chi connectivity index (χ3v) is 13.8. The van der Waals surface area contributed by atoms with Crippen molar-refractivity contribution in [2.24, 2.45) is 0 Å². The minimum Gasteiger partial charge on any atom is -0.418 e. The SMILES string of the molecule is Cc1ccc(SC(=O)OC2=C(/C=C/C3=[N+](CCCCS(=O)(=O)O)c4ccccc4C3(C)C)CCC/C2=C\C=C2\N(CCCCS(=O)(=O)O)c3ccccc3C2(C)C)cc1. The second-order valence-corrected chi connectivity index (χ2v) is 20.7. The van der Waals surface area contributed by atoms with Crippen molar-refractivity contribution >= 4 is 54.4 Å². The van der Waals surface area contributed by atoms with Crippen LogP contribution in [0.4, 0.5) is 16.2 Å². The first-order valence-electron chi connectivity index (χ1n) is 20.2. The third kappa shape index (κ3) is 10.7. The normalized spacial score (nSPS) is 18.9. The number of nitrogens with zero attached hydrogens (tertiary/aromatic N) is 2. The largest absolute Gasteiger partial charge is 0.418 e. The average molecular weight is 860 g/mol. The van der Waals surface area contributed by atoms with Gasteiger partial charge in [0.25, 0.3) is 20.2 Å². The van der Waals surface area contributed by atoms with Gasteiger partial charge in [-0.25, -0.2) is 4.79 Å². The number of anilines is 1. The van der Waals surface area contributed by atoms with Gasteiger partial charge in [0, 0.05) is 52.4 Å². The number of para-hydroxylation sites is 2. The maximum Gasteiger partial charge on any atom is 0.377 e. The Morgan fingerprint density at radius 1 is 0.797 bits per heavy atom. The summed E-state index contributed by atoms with van der Waals surface area (Å²) in [4.78, 5) is 16.7. The summed E-state index contributed by atoms with van der Waals surface area (Å²) in [6.45, 7) is 11.8. The average Bonchev–Trinajstić information content (AvgIpc) is 3.52. The number of carbonyl (C=O) groups excluding carboxylic acids is 1. The lowest BCUT2D eigenvalue weighted by atomic mass is 9.81. The standard InChI is InChI=1S/C46H54N2O8S3/c1-33-21-25-36(26-22-33)57-44(49)56-43-34(23-27-41-45(2,3)37-17-6-8-19-39(37)47(41)29-10-12-31-58(50,51)52)15-14-16-35(43)24-28-42-46(4,5)38-18-7-9-20-40(38)48(42)30-11-13-32-59(53,54)55/h6-9,17-28H,10-16,29-32H2,1-5H3,(H-,50,51,52,53,54,55)/p+1. The molecule has 2 aliphatic heterocycles. The van der Waals surface area contributed by atoms with Gasteiger partial charge in [0.15, 0.2) is 5.71 Å². The Bertz CT molecular complexity index is 2460. The molecule has 59 heavy (non-hydrogen) atoms. The Hall–Kier alpha value is -4.27. The van der Waals surface area contributed by atoms with Gasteiger partial charge in [-0.2, -0.15) is 21.4 Å². The van der Waals surface area contributed by atoms with Gasteiger partial charge in [-0.1, -0.05) is 74.0 Å². The summed E-state index contributed by atoms with van der Waals surface area (Å²) in [6, 6.07) is 24.2. The monoisotopic (exact) mass is 859 g/mol. The van der Waals surface area contributed by atoms with E-state index in [0.717, 1.165) is 73.7 Å². The van der Waals surface area contributed by atoms with E-state index < -0.39 is 25.5 Å². The van der Waals surface area contributed by atoms with E-state index in [1.54, 1.807) is 0 Å². The molecule has 3 aromatic rings. The van der Waals surface area contributed by atoms with Crippen molar-refractivity contribution in [2.45, 2.75) is 95.3 Å². The Morgan fingerprint density at radius 3 is 2.14 bits per heavy atom. The zero-order chi connectivity index (χ0) is 42.6. The van der Waals surface area contributed by atoms with E-state index in [1.807, 2.05) is 55.5 Å². The molecule has 3 aromatic carbocycles. The van der Waals surface area contributed by atoms with E-state index in [2.05, 4.69) is 85.7 Å². The molecule has 10 nitrogen and oxygen atoms in total. The molecule has 2 N–H and O–H groups in total. The first kappa shape index (κ1) is 44.3. The first-order chi connectivity index (χ1) is 27.8. The second kappa shape index (κ2) is 18.1. The highest BCUT2D eigenvalue weighted by atomic mass is 32.2. The molecule has 3 aliphatic rings. The van der Waals surface area contributed by atoms with Crippen LogP contribution >= 0.6 is 11.8 Å². The lowest BCUT2D eigenvalue weighted by Gasteiger charge is -2.27. The number of carbonyl (C=O) groups is 1. The van der Waals surface area contributed by atoms with Crippen LogP contribution in [0.5, 0.6) is 0 Å². The van der Waals surface area contributed by atoms with Gasteiger partial charge in [0.1, 0.15) is 12.3 Å². The van der Waals surface area contributed by atoms with Crippen LogP contribution in [0.2, 0.25) is 0 Å². The molecule has 0 amide bonds. The van der Waals surface area contributed by atoms with Gasteiger partial charge in [0.2, 0.25) is 5.69 Å². The molecule has 0 spiro atoms. The van der Waals surface area contributed by atoms with Crippen LogP contribution in [-0.2, 0) is 35.8 Å². The Kier molecular flexibility index (Phi) is 13.6. The number of unbranched alkanes of at least 4 members (excludes halogenated alkanes) is 2. The summed E-state index contributed by atoms with van der Waals surface area (Å²) in [7, 11) is -8.12. The summed E-state index contributed by atoms with van der Waals surface area (Å²) < 4.78 is 73.1. The van der Waals surface area contributed by atoms with Crippen LogP contribution in [0.25, 0.3) is 0 Å². The maximum atomic E-state index is 13.7. The predicted octanol–water partition coefficient (Wildman–Crippen LogP) is 10.2. The molecule has 0 atom stereocenters. The molecule has 0 unspecified atom stereocenters. The van der Waals surface area contributed by atoms with Crippen LogP contribution in [0.1, 0.15) is 89.3 Å². The van der Waals surface area contributed by atoms with Crippen LogP contribution in [0.15, 0.2) is 125 Å². The summed E-state index contributed by atoms with van der Waals surface area (Å²) in [6.07, 6.45) is 12.3.